The lowest BCUT2D eigenvalue weighted by atomic mass is 10.1. The number of pyridine rings is 1. The Morgan fingerprint density at radius 3 is 2.38 bits per heavy atom. The van der Waals surface area contributed by atoms with Crippen molar-refractivity contribution in [1.82, 2.24) is 4.98 Å². The number of rotatable bonds is 5. The molecule has 0 radical (unpaired) electrons. The number of amides is 1. The molecule has 126 valence electrons. The molecule has 1 aliphatic heterocycles. The van der Waals surface area contributed by atoms with E-state index in [4.69, 9.17) is 0 Å². The largest absolute Gasteiger partial charge is 0.372 e. The first kappa shape index (κ1) is 16.3. The smallest absolute Gasteiger partial charge is 0.225 e. The molecule has 2 N–H and O–H groups in total. The average Bonchev–Trinajstić information content (AvgIpc) is 2.64. The number of hydrogen-bond donors (Lipinski definition) is 2. The van der Waals surface area contributed by atoms with Gasteiger partial charge >= 0.3 is 0 Å². The molecule has 1 fully saturated rings. The number of carbonyl (C=O) groups excluding carboxylic acids is 1. The van der Waals surface area contributed by atoms with Crippen LogP contribution in [0.3, 0.4) is 0 Å². The quantitative estimate of drug-likeness (QED) is 0.867. The van der Waals surface area contributed by atoms with Crippen molar-refractivity contribution in [2.45, 2.75) is 32.6 Å². The number of nitrogens with zero attached hydrogens (tertiary/aromatic N) is 2. The highest BCUT2D eigenvalue weighted by Gasteiger charge is 2.10. The van der Waals surface area contributed by atoms with Crippen LogP contribution in [-0.2, 0) is 4.79 Å². The summed E-state index contributed by atoms with van der Waals surface area (Å²) in [5.74, 6) is 0.546. The molecule has 0 atom stereocenters. The lowest BCUT2D eigenvalue weighted by Gasteiger charge is -2.28. The van der Waals surface area contributed by atoms with Crippen LogP contribution in [0.4, 0.5) is 22.9 Å². The summed E-state index contributed by atoms with van der Waals surface area (Å²) in [6.45, 7) is 4.13. The summed E-state index contributed by atoms with van der Waals surface area (Å²) in [6, 6.07) is 12.2. The summed E-state index contributed by atoms with van der Waals surface area (Å²) in [6.07, 6.45) is 6.09. The Kier molecular flexibility index (Phi) is 5.31. The van der Waals surface area contributed by atoms with Gasteiger partial charge in [-0.15, -0.1) is 0 Å². The second-order valence-corrected chi connectivity index (χ2v) is 6.05. The normalized spacial score (nSPS) is 14.3. The molecule has 2 aromatic rings. The molecule has 5 nitrogen and oxygen atoms in total. The summed E-state index contributed by atoms with van der Waals surface area (Å²) in [5, 5.41) is 6.08. The molecule has 1 amide bonds. The molecule has 1 aromatic heterocycles. The van der Waals surface area contributed by atoms with Crippen LogP contribution in [0.25, 0.3) is 0 Å². The van der Waals surface area contributed by atoms with Gasteiger partial charge in [-0.05, 0) is 55.7 Å². The van der Waals surface area contributed by atoms with Gasteiger partial charge in [-0.25, -0.2) is 4.98 Å². The van der Waals surface area contributed by atoms with Gasteiger partial charge in [0.05, 0.1) is 11.9 Å². The van der Waals surface area contributed by atoms with Crippen molar-refractivity contribution in [2.75, 3.05) is 28.6 Å². The Morgan fingerprint density at radius 2 is 1.75 bits per heavy atom. The van der Waals surface area contributed by atoms with Crippen LogP contribution in [0.1, 0.15) is 32.6 Å². The summed E-state index contributed by atoms with van der Waals surface area (Å²) < 4.78 is 0. The van der Waals surface area contributed by atoms with Gasteiger partial charge in [-0.2, -0.15) is 0 Å². The molecule has 0 unspecified atom stereocenters. The van der Waals surface area contributed by atoms with E-state index in [1.165, 1.54) is 24.9 Å². The maximum Gasteiger partial charge on any atom is 0.225 e. The number of carbonyl (C=O) groups is 1. The molecule has 0 aliphatic carbocycles. The van der Waals surface area contributed by atoms with Crippen molar-refractivity contribution in [2.24, 2.45) is 0 Å². The maximum absolute atomic E-state index is 11.3. The van der Waals surface area contributed by atoms with E-state index in [9.17, 15) is 4.79 Å². The van der Waals surface area contributed by atoms with Crippen LogP contribution >= 0.6 is 0 Å². The second kappa shape index (κ2) is 7.81. The molecular weight excluding hydrogens is 300 g/mol. The van der Waals surface area contributed by atoms with E-state index >= 15 is 0 Å². The number of nitrogens with one attached hydrogen (secondary N) is 2. The number of piperidine rings is 1. The zero-order valence-corrected chi connectivity index (χ0v) is 14.1. The number of hydrogen-bond acceptors (Lipinski definition) is 4. The first-order chi connectivity index (χ1) is 11.7. The second-order valence-electron chi connectivity index (χ2n) is 6.05. The highest BCUT2D eigenvalue weighted by atomic mass is 16.1. The van der Waals surface area contributed by atoms with E-state index in [1.807, 2.05) is 13.0 Å². The summed E-state index contributed by atoms with van der Waals surface area (Å²) >= 11 is 0. The first-order valence-corrected chi connectivity index (χ1v) is 8.62. The van der Waals surface area contributed by atoms with E-state index in [0.29, 0.717) is 12.2 Å². The number of aromatic nitrogens is 1. The number of anilines is 4. The molecule has 1 aromatic carbocycles. The predicted octanol–water partition coefficient (Wildman–Crippen LogP) is 4.16. The predicted molar refractivity (Wildman–Crippen MR) is 98.9 cm³/mol. The van der Waals surface area contributed by atoms with Crippen molar-refractivity contribution >= 4 is 28.8 Å². The van der Waals surface area contributed by atoms with Crippen molar-refractivity contribution < 1.29 is 4.79 Å². The molecule has 0 spiro atoms. The fourth-order valence-corrected chi connectivity index (χ4v) is 2.85. The third-order valence-electron chi connectivity index (χ3n) is 4.23. The third kappa shape index (κ3) is 4.25. The van der Waals surface area contributed by atoms with Crippen LogP contribution in [-0.4, -0.2) is 24.0 Å². The zero-order valence-electron chi connectivity index (χ0n) is 14.1. The molecule has 0 saturated carbocycles. The Labute approximate surface area is 143 Å². The van der Waals surface area contributed by atoms with Gasteiger partial charge in [-0.3, -0.25) is 4.79 Å². The van der Waals surface area contributed by atoms with Crippen LogP contribution < -0.4 is 15.5 Å². The summed E-state index contributed by atoms with van der Waals surface area (Å²) in [5.41, 5.74) is 3.22. The highest BCUT2D eigenvalue weighted by molar-refractivity contribution is 5.89. The minimum Gasteiger partial charge on any atom is -0.372 e. The zero-order chi connectivity index (χ0) is 16.8. The topological polar surface area (TPSA) is 57.3 Å². The Balaban J connectivity index is 1.60. The number of benzene rings is 1. The van der Waals surface area contributed by atoms with Crippen LogP contribution in [0.5, 0.6) is 0 Å². The molecular formula is C19H24N4O. The maximum atomic E-state index is 11.3. The van der Waals surface area contributed by atoms with Gasteiger partial charge in [0, 0.05) is 30.9 Å². The van der Waals surface area contributed by atoms with E-state index in [2.05, 4.69) is 44.8 Å². The third-order valence-corrected chi connectivity index (χ3v) is 4.23. The van der Waals surface area contributed by atoms with Crippen molar-refractivity contribution in [3.05, 3.63) is 42.6 Å². The van der Waals surface area contributed by atoms with Gasteiger partial charge in [0.25, 0.3) is 0 Å². The Hall–Kier alpha value is -2.56. The Bertz CT molecular complexity index is 661. The van der Waals surface area contributed by atoms with E-state index in [0.717, 1.165) is 24.5 Å². The van der Waals surface area contributed by atoms with Crippen molar-refractivity contribution in [3.63, 3.8) is 0 Å². The standard InChI is InChI=1S/C19H24N4O/c1-2-19(24)22-18-11-8-16(14-20-18)21-15-6-9-17(10-7-15)23-12-4-3-5-13-23/h6-11,14,21H,2-5,12-13H2,1H3,(H,20,22,24). The molecule has 1 saturated heterocycles. The SMILES string of the molecule is CCC(=O)Nc1ccc(Nc2ccc(N3CCCCC3)cc2)cn1. The van der Waals surface area contributed by atoms with Gasteiger partial charge in [0.2, 0.25) is 5.91 Å². The molecule has 5 heteroatoms. The molecule has 3 rings (SSSR count). The summed E-state index contributed by atoms with van der Waals surface area (Å²) in [7, 11) is 0. The average molecular weight is 324 g/mol. The lowest BCUT2D eigenvalue weighted by Crippen LogP contribution is -2.29. The van der Waals surface area contributed by atoms with Crippen molar-refractivity contribution in [3.8, 4) is 0 Å². The first-order valence-electron chi connectivity index (χ1n) is 8.62. The van der Waals surface area contributed by atoms with Crippen molar-refractivity contribution in [1.29, 1.82) is 0 Å². The van der Waals surface area contributed by atoms with Gasteiger partial charge in [-0.1, -0.05) is 6.92 Å². The Morgan fingerprint density at radius 1 is 1.04 bits per heavy atom. The fourth-order valence-electron chi connectivity index (χ4n) is 2.85. The molecule has 24 heavy (non-hydrogen) atoms. The minimum atomic E-state index is -0.0310. The van der Waals surface area contributed by atoms with E-state index in [1.54, 1.807) is 12.3 Å². The molecule has 0 bridgehead atoms. The van der Waals surface area contributed by atoms with Crippen LogP contribution in [0.15, 0.2) is 42.6 Å². The van der Waals surface area contributed by atoms with E-state index < -0.39 is 0 Å². The highest BCUT2D eigenvalue weighted by Crippen LogP contribution is 2.23. The van der Waals surface area contributed by atoms with Gasteiger partial charge in [0.1, 0.15) is 5.82 Å². The fraction of sp³-hybridized carbons (Fsp3) is 0.368. The van der Waals surface area contributed by atoms with E-state index in [-0.39, 0.29) is 5.91 Å². The monoisotopic (exact) mass is 324 g/mol. The van der Waals surface area contributed by atoms with Crippen LogP contribution in [0, 0.1) is 0 Å². The van der Waals surface area contributed by atoms with Gasteiger partial charge < -0.3 is 15.5 Å². The molecule has 2 heterocycles. The minimum absolute atomic E-state index is 0.0310. The lowest BCUT2D eigenvalue weighted by molar-refractivity contribution is -0.115. The van der Waals surface area contributed by atoms with Crippen LogP contribution in [0.2, 0.25) is 0 Å². The van der Waals surface area contributed by atoms with Gasteiger partial charge in [0.15, 0.2) is 0 Å². The molecule has 1 aliphatic rings. The summed E-state index contributed by atoms with van der Waals surface area (Å²) in [4.78, 5) is 18.0.